The lowest BCUT2D eigenvalue weighted by molar-refractivity contribution is 0.319. The van der Waals surface area contributed by atoms with Crippen LogP contribution in [0.25, 0.3) is 0 Å². The highest BCUT2D eigenvalue weighted by molar-refractivity contribution is 5.61. The molecule has 15 heavy (non-hydrogen) atoms. The predicted octanol–water partition coefficient (Wildman–Crippen LogP) is 1.74. The van der Waals surface area contributed by atoms with Crippen molar-refractivity contribution in [1.29, 1.82) is 0 Å². The second kappa shape index (κ2) is 3.74. The van der Waals surface area contributed by atoms with E-state index in [-0.39, 0.29) is 0 Å². The molecule has 1 saturated carbocycles. The summed E-state index contributed by atoms with van der Waals surface area (Å²) in [6.45, 7) is 2.61. The molecule has 1 heterocycles. The van der Waals surface area contributed by atoms with Crippen LogP contribution >= 0.6 is 0 Å². The predicted molar refractivity (Wildman–Crippen MR) is 60.3 cm³/mol. The van der Waals surface area contributed by atoms with Gasteiger partial charge in [0.05, 0.1) is 5.69 Å². The van der Waals surface area contributed by atoms with Crippen molar-refractivity contribution in [3.05, 3.63) is 23.8 Å². The highest BCUT2D eigenvalue weighted by Crippen LogP contribution is 2.31. The van der Waals surface area contributed by atoms with E-state index in [0.717, 1.165) is 37.2 Å². The van der Waals surface area contributed by atoms with Crippen LogP contribution in [0.3, 0.4) is 0 Å². The Morgan fingerprint density at radius 2 is 2.33 bits per heavy atom. The summed E-state index contributed by atoms with van der Waals surface area (Å²) >= 11 is 0. The second-order valence-electron chi connectivity index (χ2n) is 4.22. The van der Waals surface area contributed by atoms with Gasteiger partial charge in [-0.1, -0.05) is 12.1 Å². The molecule has 3 heteroatoms. The Bertz CT molecular complexity index is 361. The Morgan fingerprint density at radius 1 is 1.40 bits per heavy atom. The van der Waals surface area contributed by atoms with E-state index in [1.807, 2.05) is 0 Å². The molecule has 2 N–H and O–H groups in total. The molecule has 0 saturated heterocycles. The molecule has 0 bridgehead atoms. The molecule has 1 aromatic carbocycles. The molecule has 3 nitrogen and oxygen atoms in total. The summed E-state index contributed by atoms with van der Waals surface area (Å²) in [4.78, 5) is 0. The number of hydrogen-bond acceptors (Lipinski definition) is 3. The van der Waals surface area contributed by atoms with Crippen LogP contribution in [-0.2, 0) is 6.54 Å². The molecule has 0 radical (unpaired) electrons. The molecule has 0 aromatic heterocycles. The Hall–Kier alpha value is -1.22. The summed E-state index contributed by atoms with van der Waals surface area (Å²) in [5, 5.41) is 6.87. The minimum absolute atomic E-state index is 0.748. The van der Waals surface area contributed by atoms with Crippen molar-refractivity contribution in [1.82, 2.24) is 5.32 Å². The largest absolute Gasteiger partial charge is 0.489 e. The lowest BCUT2D eigenvalue weighted by Gasteiger charge is -2.21. The van der Waals surface area contributed by atoms with Crippen LogP contribution < -0.4 is 15.4 Å². The molecule has 1 aliphatic carbocycles. The highest BCUT2D eigenvalue weighted by Gasteiger charge is 2.21. The third-order valence-electron chi connectivity index (χ3n) is 2.92. The summed E-state index contributed by atoms with van der Waals surface area (Å²) in [5.41, 5.74) is 2.41. The number of anilines is 1. The molecule has 80 valence electrons. The van der Waals surface area contributed by atoms with Crippen molar-refractivity contribution in [2.75, 3.05) is 18.5 Å². The molecular formula is C12H16N2O. The average Bonchev–Trinajstić information content (AvgIpc) is 3.10. The second-order valence-corrected chi connectivity index (χ2v) is 4.22. The van der Waals surface area contributed by atoms with Crippen molar-refractivity contribution in [3.63, 3.8) is 0 Å². The van der Waals surface area contributed by atoms with Gasteiger partial charge < -0.3 is 15.4 Å². The number of hydrogen-bond donors (Lipinski definition) is 2. The smallest absolute Gasteiger partial charge is 0.146 e. The van der Waals surface area contributed by atoms with Gasteiger partial charge in [0.25, 0.3) is 0 Å². The van der Waals surface area contributed by atoms with Crippen molar-refractivity contribution in [3.8, 4) is 5.75 Å². The summed E-state index contributed by atoms with van der Waals surface area (Å²) < 4.78 is 5.70. The van der Waals surface area contributed by atoms with Gasteiger partial charge in [0.1, 0.15) is 12.4 Å². The van der Waals surface area contributed by atoms with E-state index in [1.165, 1.54) is 18.4 Å². The Balaban J connectivity index is 1.79. The van der Waals surface area contributed by atoms with Crippen LogP contribution in [0.1, 0.15) is 18.4 Å². The van der Waals surface area contributed by atoms with Crippen molar-refractivity contribution < 1.29 is 4.74 Å². The SMILES string of the molecule is c1cc(CNC2CC2)c2c(c1)NCCO2. The van der Waals surface area contributed by atoms with Gasteiger partial charge in [-0.2, -0.15) is 0 Å². The van der Waals surface area contributed by atoms with Crippen LogP contribution in [0, 0.1) is 0 Å². The number of benzene rings is 1. The van der Waals surface area contributed by atoms with Crippen molar-refractivity contribution in [2.45, 2.75) is 25.4 Å². The monoisotopic (exact) mass is 204 g/mol. The third-order valence-corrected chi connectivity index (χ3v) is 2.92. The lowest BCUT2D eigenvalue weighted by Crippen LogP contribution is -2.21. The maximum absolute atomic E-state index is 5.70. The molecule has 3 rings (SSSR count). The number of rotatable bonds is 3. The summed E-state index contributed by atoms with van der Waals surface area (Å²) in [7, 11) is 0. The molecule has 0 atom stereocenters. The molecule has 1 fully saturated rings. The molecule has 0 spiro atoms. The van der Waals surface area contributed by atoms with Crippen LogP contribution in [0.2, 0.25) is 0 Å². The first-order valence-electron chi connectivity index (χ1n) is 5.65. The van der Waals surface area contributed by atoms with Gasteiger partial charge in [-0.3, -0.25) is 0 Å². The Labute approximate surface area is 89.8 Å². The molecular weight excluding hydrogens is 188 g/mol. The topological polar surface area (TPSA) is 33.3 Å². The van der Waals surface area contributed by atoms with Gasteiger partial charge in [0.2, 0.25) is 0 Å². The van der Waals surface area contributed by atoms with Gasteiger partial charge >= 0.3 is 0 Å². The van der Waals surface area contributed by atoms with E-state index in [4.69, 9.17) is 4.74 Å². The van der Waals surface area contributed by atoms with Crippen LogP contribution in [0.15, 0.2) is 18.2 Å². The minimum atomic E-state index is 0.748. The summed E-state index contributed by atoms with van der Waals surface area (Å²) in [6, 6.07) is 7.05. The fraction of sp³-hybridized carbons (Fsp3) is 0.500. The van der Waals surface area contributed by atoms with Gasteiger partial charge in [0.15, 0.2) is 0 Å². The van der Waals surface area contributed by atoms with Gasteiger partial charge in [0, 0.05) is 24.7 Å². The van der Waals surface area contributed by atoms with Crippen molar-refractivity contribution in [2.24, 2.45) is 0 Å². The van der Waals surface area contributed by atoms with E-state index in [1.54, 1.807) is 0 Å². The highest BCUT2D eigenvalue weighted by atomic mass is 16.5. The van der Waals surface area contributed by atoms with Crippen LogP contribution in [-0.4, -0.2) is 19.2 Å². The van der Waals surface area contributed by atoms with Gasteiger partial charge in [-0.05, 0) is 18.9 Å². The van der Waals surface area contributed by atoms with Gasteiger partial charge in [-0.15, -0.1) is 0 Å². The quantitative estimate of drug-likeness (QED) is 0.787. The number of nitrogens with one attached hydrogen (secondary N) is 2. The lowest BCUT2D eigenvalue weighted by atomic mass is 10.1. The molecule has 0 amide bonds. The standard InChI is InChI=1S/C12H16N2O/c1-2-9(8-14-10-4-5-10)12-11(3-1)13-6-7-15-12/h1-3,10,13-14H,4-8H2. The summed E-state index contributed by atoms with van der Waals surface area (Å²) in [5.74, 6) is 1.04. The maximum Gasteiger partial charge on any atom is 0.146 e. The zero-order valence-corrected chi connectivity index (χ0v) is 8.75. The molecule has 1 aliphatic heterocycles. The summed E-state index contributed by atoms with van der Waals surface area (Å²) in [6.07, 6.45) is 2.66. The fourth-order valence-corrected chi connectivity index (χ4v) is 1.91. The third kappa shape index (κ3) is 1.92. The maximum atomic E-state index is 5.70. The molecule has 1 aromatic rings. The van der Waals surface area contributed by atoms with E-state index in [9.17, 15) is 0 Å². The van der Waals surface area contributed by atoms with E-state index >= 15 is 0 Å². The average molecular weight is 204 g/mol. The van der Waals surface area contributed by atoms with E-state index < -0.39 is 0 Å². The van der Waals surface area contributed by atoms with Crippen LogP contribution in [0.4, 0.5) is 5.69 Å². The van der Waals surface area contributed by atoms with Crippen molar-refractivity contribution >= 4 is 5.69 Å². The fourth-order valence-electron chi connectivity index (χ4n) is 1.91. The zero-order chi connectivity index (χ0) is 10.1. The van der Waals surface area contributed by atoms with Crippen LogP contribution in [0.5, 0.6) is 5.75 Å². The van der Waals surface area contributed by atoms with E-state index in [2.05, 4.69) is 28.8 Å². The first-order chi connectivity index (χ1) is 7.43. The number of ether oxygens (including phenoxy) is 1. The minimum Gasteiger partial charge on any atom is -0.489 e. The Morgan fingerprint density at radius 3 is 3.20 bits per heavy atom. The first-order valence-corrected chi connectivity index (χ1v) is 5.65. The zero-order valence-electron chi connectivity index (χ0n) is 8.75. The first kappa shape index (κ1) is 9.04. The van der Waals surface area contributed by atoms with E-state index in [0.29, 0.717) is 0 Å². The van der Waals surface area contributed by atoms with Gasteiger partial charge in [-0.25, -0.2) is 0 Å². The molecule has 2 aliphatic rings. The Kier molecular flexibility index (Phi) is 2.25. The molecule has 0 unspecified atom stereocenters. The number of para-hydroxylation sites is 1. The number of fused-ring (bicyclic) bond motifs is 1. The normalized spacial score (nSPS) is 18.9.